The third-order valence-corrected chi connectivity index (χ3v) is 3.46. The van der Waals surface area contributed by atoms with Crippen LogP contribution in [0.1, 0.15) is 12.8 Å². The number of nitrogens with zero attached hydrogens (tertiary/aromatic N) is 2. The Hall–Kier alpha value is -1.56. The van der Waals surface area contributed by atoms with Gasteiger partial charge in [-0.3, -0.25) is 9.59 Å². The highest BCUT2D eigenvalue weighted by molar-refractivity contribution is 6.32. The fourth-order valence-corrected chi connectivity index (χ4v) is 2.40. The fraction of sp³-hybridized carbons (Fsp3) is 0.545. The lowest BCUT2D eigenvalue weighted by molar-refractivity contribution is -0.124. The van der Waals surface area contributed by atoms with Crippen molar-refractivity contribution in [2.45, 2.75) is 12.8 Å². The topological polar surface area (TPSA) is 78.1 Å². The first-order chi connectivity index (χ1) is 8.63. The average Bonchev–Trinajstić information content (AvgIpc) is 2.41. The third kappa shape index (κ3) is 2.48. The van der Waals surface area contributed by atoms with E-state index >= 15 is 0 Å². The van der Waals surface area contributed by atoms with Crippen LogP contribution in [0.4, 0.5) is 5.82 Å². The number of hydrogen-bond donors (Lipinski definition) is 2. The number of rotatable bonds is 2. The molecule has 98 valence electrons. The van der Waals surface area contributed by atoms with Gasteiger partial charge >= 0.3 is 0 Å². The maximum Gasteiger partial charge on any atom is 0.271 e. The maximum absolute atomic E-state index is 11.6. The Morgan fingerprint density at radius 1 is 1.67 bits per heavy atom. The van der Waals surface area contributed by atoms with E-state index in [4.69, 9.17) is 11.6 Å². The van der Waals surface area contributed by atoms with Gasteiger partial charge in [-0.25, -0.2) is 4.98 Å². The summed E-state index contributed by atoms with van der Waals surface area (Å²) in [5.41, 5.74) is -0.358. The first-order valence-corrected chi connectivity index (χ1v) is 6.21. The third-order valence-electron chi connectivity index (χ3n) is 3.12. The van der Waals surface area contributed by atoms with Crippen LogP contribution < -0.4 is 15.8 Å². The SMILES string of the molecule is CNC(=O)C1CCCN(c2nc[nH]c(=O)c2Cl)C1. The Balaban J connectivity index is 2.21. The van der Waals surface area contributed by atoms with Crippen LogP contribution in [-0.4, -0.2) is 36.0 Å². The summed E-state index contributed by atoms with van der Waals surface area (Å²) in [6, 6.07) is 0. The van der Waals surface area contributed by atoms with Crippen LogP contribution in [0.3, 0.4) is 0 Å². The predicted octanol–water partition coefficient (Wildman–Crippen LogP) is 0.386. The van der Waals surface area contributed by atoms with Crippen LogP contribution in [0, 0.1) is 5.92 Å². The van der Waals surface area contributed by atoms with Gasteiger partial charge in [0.25, 0.3) is 5.56 Å². The fourth-order valence-electron chi connectivity index (χ4n) is 2.18. The molecule has 0 radical (unpaired) electrons. The van der Waals surface area contributed by atoms with E-state index < -0.39 is 0 Å². The Bertz CT molecular complexity index is 502. The van der Waals surface area contributed by atoms with E-state index in [0.717, 1.165) is 19.4 Å². The number of hydrogen-bond acceptors (Lipinski definition) is 4. The van der Waals surface area contributed by atoms with E-state index in [0.29, 0.717) is 12.4 Å². The first-order valence-electron chi connectivity index (χ1n) is 5.83. The van der Waals surface area contributed by atoms with E-state index in [1.165, 1.54) is 6.33 Å². The minimum absolute atomic E-state index is 0.0145. The van der Waals surface area contributed by atoms with Crippen LogP contribution >= 0.6 is 11.6 Å². The highest BCUT2D eigenvalue weighted by Crippen LogP contribution is 2.25. The van der Waals surface area contributed by atoms with Crippen molar-refractivity contribution >= 4 is 23.3 Å². The first kappa shape index (κ1) is 12.9. The highest BCUT2D eigenvalue weighted by atomic mass is 35.5. The number of aromatic nitrogens is 2. The van der Waals surface area contributed by atoms with Crippen molar-refractivity contribution in [3.05, 3.63) is 21.7 Å². The summed E-state index contributed by atoms with van der Waals surface area (Å²) in [4.78, 5) is 31.5. The molecule has 1 aliphatic heterocycles. The van der Waals surface area contributed by atoms with Crippen molar-refractivity contribution in [3.63, 3.8) is 0 Å². The second-order valence-electron chi connectivity index (χ2n) is 4.27. The molecule has 0 saturated carbocycles. The van der Waals surface area contributed by atoms with Crippen molar-refractivity contribution in [1.29, 1.82) is 0 Å². The number of carbonyl (C=O) groups is 1. The molecule has 1 aromatic rings. The summed E-state index contributed by atoms with van der Waals surface area (Å²) in [6.45, 7) is 1.29. The molecular formula is C11H15ClN4O2. The van der Waals surface area contributed by atoms with Crippen molar-refractivity contribution in [2.75, 3.05) is 25.0 Å². The molecule has 7 heteroatoms. The lowest BCUT2D eigenvalue weighted by Gasteiger charge is -2.32. The zero-order valence-corrected chi connectivity index (χ0v) is 10.8. The smallest absolute Gasteiger partial charge is 0.271 e. The predicted molar refractivity (Wildman–Crippen MR) is 68.9 cm³/mol. The van der Waals surface area contributed by atoms with E-state index in [1.807, 2.05) is 4.90 Å². The molecule has 1 aromatic heterocycles. The standard InChI is InChI=1S/C11H15ClN4O2/c1-13-10(17)7-3-2-4-16(5-7)9-8(12)11(18)15-6-14-9/h6-7H,2-5H2,1H3,(H,13,17)(H,14,15,18). The number of amides is 1. The number of anilines is 1. The molecule has 1 aliphatic rings. The Morgan fingerprint density at radius 3 is 3.17 bits per heavy atom. The number of aromatic amines is 1. The molecule has 2 heterocycles. The zero-order chi connectivity index (χ0) is 13.1. The summed E-state index contributed by atoms with van der Waals surface area (Å²) in [7, 11) is 1.62. The molecule has 0 aliphatic carbocycles. The number of nitrogens with one attached hydrogen (secondary N) is 2. The molecule has 6 nitrogen and oxygen atoms in total. The van der Waals surface area contributed by atoms with E-state index in [-0.39, 0.29) is 22.4 Å². The Morgan fingerprint density at radius 2 is 2.44 bits per heavy atom. The minimum atomic E-state index is -0.358. The van der Waals surface area contributed by atoms with Crippen LogP contribution in [-0.2, 0) is 4.79 Å². The number of carbonyl (C=O) groups excluding carboxylic acids is 1. The van der Waals surface area contributed by atoms with Crippen LogP contribution in [0.15, 0.2) is 11.1 Å². The minimum Gasteiger partial charge on any atom is -0.359 e. The molecular weight excluding hydrogens is 256 g/mol. The van der Waals surface area contributed by atoms with Gasteiger partial charge in [-0.15, -0.1) is 0 Å². The van der Waals surface area contributed by atoms with E-state index in [2.05, 4.69) is 15.3 Å². The molecule has 1 atom stereocenters. The van der Waals surface area contributed by atoms with Crippen LogP contribution in [0.25, 0.3) is 0 Å². The normalized spacial score (nSPS) is 19.7. The Labute approximate surface area is 109 Å². The maximum atomic E-state index is 11.6. The van der Waals surface area contributed by atoms with Crippen molar-refractivity contribution in [3.8, 4) is 0 Å². The molecule has 0 aromatic carbocycles. The average molecular weight is 271 g/mol. The molecule has 0 spiro atoms. The summed E-state index contributed by atoms with van der Waals surface area (Å²) >= 11 is 5.94. The quantitative estimate of drug-likeness (QED) is 0.815. The van der Waals surface area contributed by atoms with Gasteiger partial charge in [-0.2, -0.15) is 0 Å². The monoisotopic (exact) mass is 270 g/mol. The summed E-state index contributed by atoms with van der Waals surface area (Å²) in [5.74, 6) is 0.385. The largest absolute Gasteiger partial charge is 0.359 e. The van der Waals surface area contributed by atoms with Gasteiger partial charge in [-0.05, 0) is 12.8 Å². The van der Waals surface area contributed by atoms with Gasteiger partial charge < -0.3 is 15.2 Å². The summed E-state index contributed by atoms with van der Waals surface area (Å²) < 4.78 is 0. The summed E-state index contributed by atoms with van der Waals surface area (Å²) in [5, 5.41) is 2.72. The van der Waals surface area contributed by atoms with Crippen molar-refractivity contribution in [2.24, 2.45) is 5.92 Å². The van der Waals surface area contributed by atoms with E-state index in [9.17, 15) is 9.59 Å². The zero-order valence-electron chi connectivity index (χ0n) is 10.1. The van der Waals surface area contributed by atoms with Gasteiger partial charge in [-0.1, -0.05) is 11.6 Å². The molecule has 2 rings (SSSR count). The molecule has 0 bridgehead atoms. The molecule has 1 unspecified atom stereocenters. The molecule has 1 fully saturated rings. The van der Waals surface area contributed by atoms with Gasteiger partial charge in [0.15, 0.2) is 5.82 Å². The number of halogens is 1. The molecule has 1 saturated heterocycles. The van der Waals surface area contributed by atoms with Crippen molar-refractivity contribution < 1.29 is 4.79 Å². The van der Waals surface area contributed by atoms with E-state index in [1.54, 1.807) is 7.05 Å². The van der Waals surface area contributed by atoms with Gasteiger partial charge in [0.1, 0.15) is 5.02 Å². The van der Waals surface area contributed by atoms with Gasteiger partial charge in [0.2, 0.25) is 5.91 Å². The number of piperidine rings is 1. The van der Waals surface area contributed by atoms with Gasteiger partial charge in [0.05, 0.1) is 12.2 Å². The van der Waals surface area contributed by atoms with Gasteiger partial charge in [0, 0.05) is 20.1 Å². The molecule has 1 amide bonds. The van der Waals surface area contributed by atoms with Crippen LogP contribution in [0.5, 0.6) is 0 Å². The second-order valence-corrected chi connectivity index (χ2v) is 4.65. The van der Waals surface area contributed by atoms with Crippen molar-refractivity contribution in [1.82, 2.24) is 15.3 Å². The molecule has 2 N–H and O–H groups in total. The van der Waals surface area contributed by atoms with Crippen LogP contribution in [0.2, 0.25) is 5.02 Å². The second kappa shape index (κ2) is 5.39. The highest BCUT2D eigenvalue weighted by Gasteiger charge is 2.27. The summed E-state index contributed by atoms with van der Waals surface area (Å²) in [6.07, 6.45) is 3.05. The number of H-pyrrole nitrogens is 1. The lowest BCUT2D eigenvalue weighted by Crippen LogP contribution is -2.43. The lowest BCUT2D eigenvalue weighted by atomic mass is 9.97. The molecule has 18 heavy (non-hydrogen) atoms. The Kier molecular flexibility index (Phi) is 3.86.